The predicted molar refractivity (Wildman–Crippen MR) is 39.4 cm³/mol. The molecule has 1 aromatic carbocycles. The van der Waals surface area contributed by atoms with E-state index in [0.717, 1.165) is 0 Å². The lowest BCUT2D eigenvalue weighted by Crippen LogP contribution is -2.04. The highest BCUT2D eigenvalue weighted by Gasteiger charge is 2.28. The maximum absolute atomic E-state index is 13.1. The number of nitrogens with zero attached hydrogens (tertiary/aromatic N) is 3. The van der Waals surface area contributed by atoms with Crippen LogP contribution in [0.15, 0.2) is 0 Å². The number of aromatic nitrogens is 4. The lowest BCUT2D eigenvalue weighted by molar-refractivity contribution is 0.381. The van der Waals surface area contributed by atoms with E-state index < -0.39 is 40.5 Å². The Kier molecular flexibility index (Phi) is 2.29. The van der Waals surface area contributed by atoms with E-state index in [2.05, 4.69) is 15.4 Å². The van der Waals surface area contributed by atoms with Crippen molar-refractivity contribution in [3.8, 4) is 11.4 Å². The monoisotopic (exact) mass is 236 g/mol. The fourth-order valence-electron chi connectivity index (χ4n) is 1.07. The van der Waals surface area contributed by atoms with Crippen molar-refractivity contribution in [3.63, 3.8) is 0 Å². The molecule has 0 aliphatic heterocycles. The standard InChI is InChI=1S/C7HF5N4/c8-2-1(7-13-15-16-14-7)3(9)5(11)6(12)4(2)10/h(H,13,14,15,16). The molecular weight excluding hydrogens is 235 g/mol. The van der Waals surface area contributed by atoms with E-state index in [-0.39, 0.29) is 0 Å². The number of hydrogen-bond acceptors (Lipinski definition) is 3. The number of nitrogens with one attached hydrogen (secondary N) is 1. The van der Waals surface area contributed by atoms with Gasteiger partial charge in [-0.2, -0.15) is 5.21 Å². The fourth-order valence-corrected chi connectivity index (χ4v) is 1.07. The van der Waals surface area contributed by atoms with Crippen LogP contribution in [0, 0.1) is 29.1 Å². The van der Waals surface area contributed by atoms with E-state index in [0.29, 0.717) is 0 Å². The molecule has 1 heterocycles. The predicted octanol–water partition coefficient (Wildman–Crippen LogP) is 1.56. The molecule has 0 radical (unpaired) electrons. The topological polar surface area (TPSA) is 54.5 Å². The van der Waals surface area contributed by atoms with Crippen LogP contribution in [0.25, 0.3) is 11.4 Å². The first-order valence-electron chi connectivity index (χ1n) is 3.79. The summed E-state index contributed by atoms with van der Waals surface area (Å²) in [5.74, 6) is -11.1. The molecule has 2 rings (SSSR count). The van der Waals surface area contributed by atoms with Crippen molar-refractivity contribution in [1.29, 1.82) is 0 Å². The molecule has 1 aromatic heterocycles. The third-order valence-electron chi connectivity index (χ3n) is 1.78. The van der Waals surface area contributed by atoms with Gasteiger partial charge in [-0.15, -0.1) is 10.2 Å². The first kappa shape index (κ1) is 10.5. The van der Waals surface area contributed by atoms with Crippen molar-refractivity contribution in [2.75, 3.05) is 0 Å². The molecule has 0 saturated carbocycles. The van der Waals surface area contributed by atoms with Gasteiger partial charge < -0.3 is 0 Å². The van der Waals surface area contributed by atoms with Crippen molar-refractivity contribution in [2.45, 2.75) is 0 Å². The summed E-state index contributed by atoms with van der Waals surface area (Å²) in [4.78, 5) is 0. The molecule has 2 aromatic rings. The zero-order valence-corrected chi connectivity index (χ0v) is 7.23. The smallest absolute Gasteiger partial charge is 0.203 e. The second kappa shape index (κ2) is 3.51. The summed E-state index contributed by atoms with van der Waals surface area (Å²) in [5.41, 5.74) is -1.22. The normalized spacial score (nSPS) is 10.8. The Morgan fingerprint density at radius 1 is 0.750 bits per heavy atom. The van der Waals surface area contributed by atoms with Gasteiger partial charge in [-0.1, -0.05) is 0 Å². The molecule has 16 heavy (non-hydrogen) atoms. The number of tetrazole rings is 1. The van der Waals surface area contributed by atoms with Gasteiger partial charge in [-0.3, -0.25) is 0 Å². The van der Waals surface area contributed by atoms with Gasteiger partial charge in [0.1, 0.15) is 5.56 Å². The molecule has 0 bridgehead atoms. The Morgan fingerprint density at radius 3 is 1.69 bits per heavy atom. The third-order valence-corrected chi connectivity index (χ3v) is 1.78. The minimum absolute atomic E-state index is 0.715. The number of benzene rings is 1. The Labute approximate surface area is 84.1 Å². The molecule has 0 atom stereocenters. The highest BCUT2D eigenvalue weighted by atomic mass is 19.2. The molecule has 0 fully saturated rings. The van der Waals surface area contributed by atoms with Gasteiger partial charge in [0.05, 0.1) is 0 Å². The van der Waals surface area contributed by atoms with Crippen molar-refractivity contribution >= 4 is 0 Å². The highest BCUT2D eigenvalue weighted by Crippen LogP contribution is 2.28. The van der Waals surface area contributed by atoms with E-state index in [1.54, 1.807) is 0 Å². The highest BCUT2D eigenvalue weighted by molar-refractivity contribution is 5.56. The molecule has 0 spiro atoms. The summed E-state index contributed by atoms with van der Waals surface area (Å²) in [5, 5.41) is 11.1. The van der Waals surface area contributed by atoms with E-state index in [1.165, 1.54) is 0 Å². The zero-order valence-electron chi connectivity index (χ0n) is 7.23. The van der Waals surface area contributed by atoms with Gasteiger partial charge in [0.15, 0.2) is 23.3 Å². The summed E-state index contributed by atoms with van der Waals surface area (Å²) in [6.07, 6.45) is 0. The second-order valence-electron chi connectivity index (χ2n) is 2.68. The Hall–Kier alpha value is -2.06. The van der Waals surface area contributed by atoms with Crippen LogP contribution in [-0.4, -0.2) is 20.6 Å². The first-order valence-corrected chi connectivity index (χ1v) is 3.79. The van der Waals surface area contributed by atoms with Crippen LogP contribution in [0.1, 0.15) is 0 Å². The van der Waals surface area contributed by atoms with Crippen molar-refractivity contribution in [1.82, 2.24) is 20.6 Å². The van der Waals surface area contributed by atoms with Crippen molar-refractivity contribution in [2.24, 2.45) is 0 Å². The number of rotatable bonds is 1. The molecule has 1 N–H and O–H groups in total. The van der Waals surface area contributed by atoms with E-state index in [9.17, 15) is 22.0 Å². The minimum atomic E-state index is -2.23. The summed E-state index contributed by atoms with van der Waals surface area (Å²) in [6.45, 7) is 0. The third kappa shape index (κ3) is 1.32. The quantitative estimate of drug-likeness (QED) is 0.464. The zero-order chi connectivity index (χ0) is 11.9. The number of H-pyrrole nitrogens is 1. The van der Waals surface area contributed by atoms with Crippen LogP contribution in [0.5, 0.6) is 0 Å². The molecule has 0 unspecified atom stereocenters. The Balaban J connectivity index is 2.81. The largest absolute Gasteiger partial charge is 0.210 e. The molecule has 0 aliphatic rings. The van der Waals surface area contributed by atoms with Gasteiger partial charge in [0.2, 0.25) is 11.6 Å². The second-order valence-corrected chi connectivity index (χ2v) is 2.68. The summed E-state index contributed by atoms with van der Waals surface area (Å²) in [7, 11) is 0. The molecule has 0 saturated heterocycles. The van der Waals surface area contributed by atoms with E-state index in [4.69, 9.17) is 0 Å². The average molecular weight is 236 g/mol. The molecule has 9 heteroatoms. The maximum Gasteiger partial charge on any atom is 0.210 e. The van der Waals surface area contributed by atoms with Gasteiger partial charge in [-0.25, -0.2) is 22.0 Å². The minimum Gasteiger partial charge on any atom is -0.203 e. The number of aromatic amines is 1. The van der Waals surface area contributed by atoms with Gasteiger partial charge in [-0.05, 0) is 5.21 Å². The average Bonchev–Trinajstić information content (AvgIpc) is 2.77. The van der Waals surface area contributed by atoms with Crippen LogP contribution in [0.3, 0.4) is 0 Å². The van der Waals surface area contributed by atoms with Crippen LogP contribution in [0.4, 0.5) is 22.0 Å². The van der Waals surface area contributed by atoms with Gasteiger partial charge >= 0.3 is 0 Å². The molecule has 4 nitrogen and oxygen atoms in total. The Morgan fingerprint density at radius 2 is 1.25 bits per heavy atom. The van der Waals surface area contributed by atoms with Crippen LogP contribution in [-0.2, 0) is 0 Å². The van der Waals surface area contributed by atoms with Gasteiger partial charge in [0.25, 0.3) is 0 Å². The van der Waals surface area contributed by atoms with Crippen LogP contribution in [0.2, 0.25) is 0 Å². The van der Waals surface area contributed by atoms with Gasteiger partial charge in [0, 0.05) is 0 Å². The van der Waals surface area contributed by atoms with Crippen molar-refractivity contribution in [3.05, 3.63) is 29.1 Å². The van der Waals surface area contributed by atoms with Crippen LogP contribution < -0.4 is 0 Å². The van der Waals surface area contributed by atoms with Crippen molar-refractivity contribution < 1.29 is 22.0 Å². The molecule has 84 valence electrons. The molecule has 0 aliphatic carbocycles. The summed E-state index contributed by atoms with van der Waals surface area (Å²) in [6, 6.07) is 0. The fraction of sp³-hybridized carbons (Fsp3) is 0. The lowest BCUT2D eigenvalue weighted by atomic mass is 10.1. The number of hydrogen-bond donors (Lipinski definition) is 1. The summed E-state index contributed by atoms with van der Waals surface area (Å²) >= 11 is 0. The van der Waals surface area contributed by atoms with Crippen LogP contribution >= 0.6 is 0 Å². The molecular formula is C7HF5N4. The maximum atomic E-state index is 13.1. The van der Waals surface area contributed by atoms with E-state index in [1.807, 2.05) is 5.21 Å². The SMILES string of the molecule is Fc1c(F)c(F)c(-c2nn[nH]n2)c(F)c1F. The summed E-state index contributed by atoms with van der Waals surface area (Å²) < 4.78 is 64.4. The first-order chi connectivity index (χ1) is 7.54. The molecule has 0 amide bonds. The lowest BCUT2D eigenvalue weighted by Gasteiger charge is -2.03. The number of halogens is 5. The van der Waals surface area contributed by atoms with E-state index >= 15 is 0 Å². The Bertz CT molecular complexity index is 509.